The van der Waals surface area contributed by atoms with Crippen LogP contribution in [-0.4, -0.2) is 19.1 Å². The molecule has 0 saturated heterocycles. The maximum Gasteiger partial charge on any atom is 0.172 e. The Morgan fingerprint density at radius 2 is 1.22 bits per heavy atom. The summed E-state index contributed by atoms with van der Waals surface area (Å²) in [6, 6.07) is 47.7. The zero-order valence-corrected chi connectivity index (χ0v) is 24.1. The molecule has 0 atom stereocenters. The number of rotatable bonds is 3. The molecule has 0 saturated carbocycles. The minimum Gasteiger partial charge on any atom is -0.452 e. The average Bonchev–Trinajstić information content (AvgIpc) is 3.76. The van der Waals surface area contributed by atoms with Crippen molar-refractivity contribution < 1.29 is 4.42 Å². The monoisotopic (exact) mass is 576 g/mol. The minimum absolute atomic E-state index is 0.695. The van der Waals surface area contributed by atoms with E-state index in [4.69, 9.17) is 4.42 Å². The van der Waals surface area contributed by atoms with Crippen molar-refractivity contribution in [1.29, 1.82) is 0 Å². The predicted molar refractivity (Wildman–Crippen MR) is 183 cm³/mol. The predicted octanol–water partition coefficient (Wildman–Crippen LogP) is 10.2. The van der Waals surface area contributed by atoms with Crippen molar-refractivity contribution in [2.45, 2.75) is 0 Å². The van der Waals surface area contributed by atoms with Gasteiger partial charge in [0, 0.05) is 43.9 Å². The average molecular weight is 577 g/mol. The number of aromatic nitrogens is 4. The first-order valence-electron chi connectivity index (χ1n) is 15.1. The molecule has 6 aromatic carbocycles. The van der Waals surface area contributed by atoms with Gasteiger partial charge in [-0.05, 0) is 54.1 Å². The number of benzene rings is 6. The van der Waals surface area contributed by atoms with E-state index in [0.717, 1.165) is 39.0 Å². The lowest BCUT2D eigenvalue weighted by molar-refractivity contribution is 0.666. The van der Waals surface area contributed by atoms with Gasteiger partial charge in [-0.1, -0.05) is 84.9 Å². The lowest BCUT2D eigenvalue weighted by Crippen LogP contribution is -1.95. The molecule has 0 amide bonds. The molecule has 4 aromatic heterocycles. The second-order valence-corrected chi connectivity index (χ2v) is 11.5. The third-order valence-corrected chi connectivity index (χ3v) is 9.08. The quantitative estimate of drug-likeness (QED) is 0.210. The second-order valence-electron chi connectivity index (χ2n) is 11.5. The van der Waals surface area contributed by atoms with E-state index in [1.54, 1.807) is 12.5 Å². The fourth-order valence-electron chi connectivity index (χ4n) is 7.19. The fraction of sp³-hybridized carbons (Fsp3) is 0. The number of fused-ring (bicyclic) bond motifs is 10. The fourth-order valence-corrected chi connectivity index (χ4v) is 7.19. The van der Waals surface area contributed by atoms with Crippen molar-refractivity contribution in [3.63, 3.8) is 0 Å². The lowest BCUT2D eigenvalue weighted by Gasteiger charge is -2.11. The highest BCUT2D eigenvalue weighted by Crippen LogP contribution is 2.42. The molecule has 5 nitrogen and oxygen atoms in total. The molecule has 0 unspecified atom stereocenters. The largest absolute Gasteiger partial charge is 0.452 e. The van der Waals surface area contributed by atoms with Crippen LogP contribution in [0.15, 0.2) is 150 Å². The zero-order chi connectivity index (χ0) is 29.5. The molecule has 0 spiro atoms. The zero-order valence-electron chi connectivity index (χ0n) is 24.1. The first kappa shape index (κ1) is 24.3. The molecule has 0 aliphatic heterocycles. The number of para-hydroxylation sites is 4. The minimum atomic E-state index is 0.695. The van der Waals surface area contributed by atoms with E-state index in [1.165, 1.54) is 43.6 Å². The van der Waals surface area contributed by atoms with Crippen LogP contribution in [0.4, 0.5) is 0 Å². The van der Waals surface area contributed by atoms with Gasteiger partial charge in [0.25, 0.3) is 0 Å². The van der Waals surface area contributed by atoms with Crippen LogP contribution in [0.25, 0.3) is 88.2 Å². The Morgan fingerprint density at radius 3 is 2.07 bits per heavy atom. The van der Waals surface area contributed by atoms with Gasteiger partial charge in [-0.2, -0.15) is 0 Å². The Labute approximate surface area is 257 Å². The van der Waals surface area contributed by atoms with Gasteiger partial charge < -0.3 is 13.6 Å². The smallest absolute Gasteiger partial charge is 0.172 e. The van der Waals surface area contributed by atoms with Crippen LogP contribution in [0.1, 0.15) is 0 Å². The van der Waals surface area contributed by atoms with Gasteiger partial charge in [0.1, 0.15) is 17.4 Å². The van der Waals surface area contributed by atoms with Gasteiger partial charge in [0.2, 0.25) is 0 Å². The molecular weight excluding hydrogens is 552 g/mol. The summed E-state index contributed by atoms with van der Waals surface area (Å²) >= 11 is 0. The molecule has 0 fully saturated rings. The summed E-state index contributed by atoms with van der Waals surface area (Å²) in [6.45, 7) is 0. The van der Waals surface area contributed by atoms with E-state index >= 15 is 0 Å². The van der Waals surface area contributed by atoms with Crippen LogP contribution >= 0.6 is 0 Å². The standard InChI is InChI=1S/C40H24N4O/c1-2-9-26(10-3-1)44-33-15-6-4-11-29(33)30-21-22-35-37(39(30)44)31-12-5-7-16-34(31)43(35)27-19-17-25(18-20-27)28-13-8-14-32-38-36(45-40(28)32)23-41-24-42-38/h1-24H. The van der Waals surface area contributed by atoms with Gasteiger partial charge >= 0.3 is 0 Å². The third-order valence-electron chi connectivity index (χ3n) is 9.08. The highest BCUT2D eigenvalue weighted by Gasteiger charge is 2.21. The van der Waals surface area contributed by atoms with Crippen LogP contribution < -0.4 is 0 Å². The van der Waals surface area contributed by atoms with Crippen LogP contribution in [0.3, 0.4) is 0 Å². The van der Waals surface area contributed by atoms with Crippen LogP contribution in [0.5, 0.6) is 0 Å². The maximum absolute atomic E-state index is 6.24. The van der Waals surface area contributed by atoms with Crippen molar-refractivity contribution in [3.05, 3.63) is 146 Å². The number of hydrogen-bond donors (Lipinski definition) is 0. The van der Waals surface area contributed by atoms with E-state index in [2.05, 4.69) is 153 Å². The first-order chi connectivity index (χ1) is 22.3. The van der Waals surface area contributed by atoms with Crippen molar-refractivity contribution in [2.24, 2.45) is 0 Å². The molecule has 210 valence electrons. The van der Waals surface area contributed by atoms with E-state index in [9.17, 15) is 0 Å². The van der Waals surface area contributed by atoms with Crippen LogP contribution in [0, 0.1) is 0 Å². The highest BCUT2D eigenvalue weighted by molar-refractivity contribution is 6.26. The highest BCUT2D eigenvalue weighted by atomic mass is 16.3. The molecule has 10 aromatic rings. The molecule has 0 aliphatic carbocycles. The Kier molecular flexibility index (Phi) is 4.93. The summed E-state index contributed by atoms with van der Waals surface area (Å²) in [7, 11) is 0. The first-order valence-corrected chi connectivity index (χ1v) is 15.1. The number of nitrogens with zero attached hydrogens (tertiary/aromatic N) is 4. The Balaban J connectivity index is 1.23. The summed E-state index contributed by atoms with van der Waals surface area (Å²) in [5.41, 5.74) is 11.5. The van der Waals surface area contributed by atoms with Gasteiger partial charge in [-0.3, -0.25) is 0 Å². The SMILES string of the molecule is c1ccc(-n2c3ccccc3c3ccc4c(c5ccccc5n4-c4ccc(-c5cccc6c5oc5cncnc56)cc4)c32)cc1. The lowest BCUT2D eigenvalue weighted by atomic mass is 10.0. The molecule has 4 heterocycles. The molecular formula is C40H24N4O. The van der Waals surface area contributed by atoms with Crippen molar-refractivity contribution in [2.75, 3.05) is 0 Å². The van der Waals surface area contributed by atoms with E-state index in [-0.39, 0.29) is 0 Å². The second kappa shape index (κ2) is 9.15. The molecule has 0 aliphatic rings. The third kappa shape index (κ3) is 3.38. The summed E-state index contributed by atoms with van der Waals surface area (Å²) in [6.07, 6.45) is 3.29. The van der Waals surface area contributed by atoms with Crippen LogP contribution in [0.2, 0.25) is 0 Å². The molecule has 5 heteroatoms. The van der Waals surface area contributed by atoms with Crippen molar-refractivity contribution in [3.8, 4) is 22.5 Å². The maximum atomic E-state index is 6.24. The van der Waals surface area contributed by atoms with Gasteiger partial charge in [-0.15, -0.1) is 0 Å². The van der Waals surface area contributed by atoms with E-state index in [0.29, 0.717) is 5.58 Å². The van der Waals surface area contributed by atoms with Crippen LogP contribution in [-0.2, 0) is 0 Å². The van der Waals surface area contributed by atoms with E-state index < -0.39 is 0 Å². The normalized spacial score (nSPS) is 12.0. The number of furan rings is 1. The van der Waals surface area contributed by atoms with Gasteiger partial charge in [-0.25, -0.2) is 9.97 Å². The van der Waals surface area contributed by atoms with E-state index in [1.807, 2.05) is 0 Å². The van der Waals surface area contributed by atoms with Crippen molar-refractivity contribution >= 4 is 65.7 Å². The summed E-state index contributed by atoms with van der Waals surface area (Å²) in [5.74, 6) is 0. The summed E-state index contributed by atoms with van der Waals surface area (Å²) in [4.78, 5) is 8.61. The molecule has 0 bridgehead atoms. The van der Waals surface area contributed by atoms with Gasteiger partial charge in [0.15, 0.2) is 5.58 Å². The summed E-state index contributed by atoms with van der Waals surface area (Å²) < 4.78 is 11.0. The molecule has 10 rings (SSSR count). The van der Waals surface area contributed by atoms with Crippen molar-refractivity contribution in [1.82, 2.24) is 19.1 Å². The summed E-state index contributed by atoms with van der Waals surface area (Å²) in [5, 5.41) is 5.99. The topological polar surface area (TPSA) is 48.8 Å². The molecule has 45 heavy (non-hydrogen) atoms. The Hall–Kier alpha value is -6.20. The molecule has 0 radical (unpaired) electrons. The molecule has 0 N–H and O–H groups in total. The Bertz CT molecular complexity index is 2750. The number of hydrogen-bond acceptors (Lipinski definition) is 3. The van der Waals surface area contributed by atoms with Gasteiger partial charge in [0.05, 0.1) is 28.3 Å². The Morgan fingerprint density at radius 1 is 0.511 bits per heavy atom.